The number of phenols is 1. The topological polar surface area (TPSA) is 44.7 Å². The van der Waals surface area contributed by atoms with Crippen molar-refractivity contribution in [3.8, 4) is 11.5 Å². The van der Waals surface area contributed by atoms with Crippen molar-refractivity contribution < 1.29 is 9.84 Å². The number of nitrogens with zero attached hydrogens (tertiary/aromatic N) is 1. The van der Waals surface area contributed by atoms with Gasteiger partial charge in [-0.1, -0.05) is 28.8 Å². The zero-order valence-corrected chi connectivity index (χ0v) is 17.2. The molecule has 4 nitrogen and oxygen atoms in total. The van der Waals surface area contributed by atoms with E-state index in [4.69, 9.17) is 4.74 Å². The molecule has 2 fully saturated rings. The number of methoxy groups -OCH3 is 1. The molecule has 2 aliphatic rings. The Morgan fingerprint density at radius 2 is 1.83 bits per heavy atom. The Labute approximate surface area is 165 Å². The summed E-state index contributed by atoms with van der Waals surface area (Å²) in [4.78, 5) is 2.53. The standard InChI is InChI=1S/C17H25BrN2O2.2ClH/c1-22-14-7-6-13(18)15(17(14)21)16(12-4-2-3-5-12)20-10-8-19-9-11-20;;/h6-7,12,16,19,21H,2-5,8-11H2,1H3;2*1H/t16-;;/m1../s1. The molecular weight excluding hydrogens is 415 g/mol. The van der Waals surface area contributed by atoms with Crippen molar-refractivity contribution in [1.29, 1.82) is 0 Å². The highest BCUT2D eigenvalue weighted by Gasteiger charge is 2.35. The second-order valence-corrected chi connectivity index (χ2v) is 7.14. The minimum Gasteiger partial charge on any atom is -0.504 e. The van der Waals surface area contributed by atoms with Crippen molar-refractivity contribution in [2.75, 3.05) is 33.3 Å². The van der Waals surface area contributed by atoms with E-state index < -0.39 is 0 Å². The summed E-state index contributed by atoms with van der Waals surface area (Å²) in [5.41, 5.74) is 1.01. The minimum atomic E-state index is 0. The van der Waals surface area contributed by atoms with Crippen molar-refractivity contribution in [3.05, 3.63) is 22.2 Å². The summed E-state index contributed by atoms with van der Waals surface area (Å²) in [6.07, 6.45) is 5.10. The zero-order chi connectivity index (χ0) is 15.5. The smallest absolute Gasteiger partial charge is 0.163 e. The summed E-state index contributed by atoms with van der Waals surface area (Å²) in [5.74, 6) is 1.48. The number of phenolic OH excluding ortho intramolecular Hbond substituents is 1. The Morgan fingerprint density at radius 3 is 2.42 bits per heavy atom. The van der Waals surface area contributed by atoms with Crippen LogP contribution in [0.25, 0.3) is 0 Å². The predicted molar refractivity (Wildman–Crippen MR) is 106 cm³/mol. The van der Waals surface area contributed by atoms with Gasteiger partial charge in [-0.05, 0) is 30.9 Å². The molecule has 1 atom stereocenters. The average molecular weight is 442 g/mol. The molecule has 0 unspecified atom stereocenters. The zero-order valence-electron chi connectivity index (χ0n) is 14.0. The molecule has 1 saturated heterocycles. The van der Waals surface area contributed by atoms with Gasteiger partial charge in [0.2, 0.25) is 0 Å². The second kappa shape index (κ2) is 10.1. The number of rotatable bonds is 4. The molecule has 0 bridgehead atoms. The molecule has 2 N–H and O–H groups in total. The molecule has 3 rings (SSSR count). The Morgan fingerprint density at radius 1 is 1.21 bits per heavy atom. The van der Waals surface area contributed by atoms with E-state index in [0.29, 0.717) is 17.4 Å². The molecule has 1 aliphatic carbocycles. The van der Waals surface area contributed by atoms with Gasteiger partial charge in [0, 0.05) is 42.3 Å². The van der Waals surface area contributed by atoms with Crippen LogP contribution < -0.4 is 10.1 Å². The molecule has 1 heterocycles. The molecule has 0 amide bonds. The first kappa shape index (κ1) is 21.8. The van der Waals surface area contributed by atoms with E-state index in [1.165, 1.54) is 25.7 Å². The summed E-state index contributed by atoms with van der Waals surface area (Å²) >= 11 is 3.67. The number of nitrogens with one attached hydrogen (secondary N) is 1. The SMILES string of the molecule is COc1ccc(Br)c([C@@H](C2CCCC2)N2CCNCC2)c1O.Cl.Cl. The van der Waals surface area contributed by atoms with Gasteiger partial charge < -0.3 is 15.2 Å². The third kappa shape index (κ3) is 4.50. The predicted octanol–water partition coefficient (Wildman–Crippen LogP) is 4.14. The lowest BCUT2D eigenvalue weighted by Gasteiger charge is -2.39. The summed E-state index contributed by atoms with van der Waals surface area (Å²) in [6.45, 7) is 4.10. The van der Waals surface area contributed by atoms with Gasteiger partial charge in [-0.25, -0.2) is 0 Å². The molecule has 0 spiro atoms. The largest absolute Gasteiger partial charge is 0.504 e. The molecule has 24 heavy (non-hydrogen) atoms. The first-order valence-corrected chi connectivity index (χ1v) is 9.01. The van der Waals surface area contributed by atoms with E-state index in [1.807, 2.05) is 12.1 Å². The maximum Gasteiger partial charge on any atom is 0.163 e. The highest BCUT2D eigenvalue weighted by atomic mass is 79.9. The first-order chi connectivity index (χ1) is 10.7. The third-order valence-electron chi connectivity index (χ3n) is 5.03. The monoisotopic (exact) mass is 440 g/mol. The number of hydrogen-bond acceptors (Lipinski definition) is 4. The van der Waals surface area contributed by atoms with Gasteiger partial charge in [0.15, 0.2) is 11.5 Å². The van der Waals surface area contributed by atoms with Crippen molar-refractivity contribution in [1.82, 2.24) is 10.2 Å². The van der Waals surface area contributed by atoms with Crippen molar-refractivity contribution >= 4 is 40.7 Å². The van der Waals surface area contributed by atoms with Crippen LogP contribution in [0.4, 0.5) is 0 Å². The van der Waals surface area contributed by atoms with Crippen LogP contribution in [0, 0.1) is 5.92 Å². The average Bonchev–Trinajstić information content (AvgIpc) is 3.06. The van der Waals surface area contributed by atoms with E-state index in [-0.39, 0.29) is 30.9 Å². The third-order valence-corrected chi connectivity index (χ3v) is 5.73. The van der Waals surface area contributed by atoms with Crippen molar-refractivity contribution in [2.45, 2.75) is 31.7 Å². The van der Waals surface area contributed by atoms with Crippen LogP contribution in [0.5, 0.6) is 11.5 Å². The molecule has 1 aromatic rings. The normalized spacial score (nSPS) is 20.1. The summed E-state index contributed by atoms with van der Waals surface area (Å²) in [6, 6.07) is 4.10. The van der Waals surface area contributed by atoms with E-state index in [1.54, 1.807) is 7.11 Å². The van der Waals surface area contributed by atoms with Crippen LogP contribution in [0.15, 0.2) is 16.6 Å². The molecule has 0 aromatic heterocycles. The molecule has 7 heteroatoms. The summed E-state index contributed by atoms with van der Waals surface area (Å²) < 4.78 is 6.33. The van der Waals surface area contributed by atoms with Crippen LogP contribution in [-0.4, -0.2) is 43.3 Å². The minimum absolute atomic E-state index is 0. The van der Waals surface area contributed by atoms with Crippen LogP contribution in [0.3, 0.4) is 0 Å². The molecule has 0 radical (unpaired) electrons. The second-order valence-electron chi connectivity index (χ2n) is 6.29. The quantitative estimate of drug-likeness (QED) is 0.736. The molecular formula is C17H27BrCl2N2O2. The Hall–Kier alpha value is -0.200. The fourth-order valence-corrected chi connectivity index (χ4v) is 4.51. The van der Waals surface area contributed by atoms with Gasteiger partial charge in [-0.3, -0.25) is 4.90 Å². The highest BCUT2D eigenvalue weighted by Crippen LogP contribution is 2.47. The van der Waals surface area contributed by atoms with E-state index in [0.717, 1.165) is 36.2 Å². The van der Waals surface area contributed by atoms with Crippen LogP contribution in [0.2, 0.25) is 0 Å². The maximum atomic E-state index is 10.7. The lowest BCUT2D eigenvalue weighted by atomic mass is 9.89. The van der Waals surface area contributed by atoms with Gasteiger partial charge >= 0.3 is 0 Å². The van der Waals surface area contributed by atoms with Crippen LogP contribution >= 0.6 is 40.7 Å². The van der Waals surface area contributed by atoms with E-state index in [9.17, 15) is 5.11 Å². The van der Waals surface area contributed by atoms with Crippen molar-refractivity contribution in [2.24, 2.45) is 5.92 Å². The summed E-state index contributed by atoms with van der Waals surface area (Å²) in [7, 11) is 1.61. The first-order valence-electron chi connectivity index (χ1n) is 8.22. The summed E-state index contributed by atoms with van der Waals surface area (Å²) in [5, 5.41) is 14.2. The fourth-order valence-electron chi connectivity index (χ4n) is 3.96. The van der Waals surface area contributed by atoms with Gasteiger partial charge in [-0.15, -0.1) is 24.8 Å². The lowest BCUT2D eigenvalue weighted by molar-refractivity contribution is 0.122. The fraction of sp³-hybridized carbons (Fsp3) is 0.647. The number of halogens is 3. The van der Waals surface area contributed by atoms with Gasteiger partial charge in [-0.2, -0.15) is 0 Å². The Kier molecular flexibility index (Phi) is 9.17. The Bertz CT molecular complexity index is 522. The lowest BCUT2D eigenvalue weighted by Crippen LogP contribution is -2.46. The maximum absolute atomic E-state index is 10.7. The number of aromatic hydroxyl groups is 1. The highest BCUT2D eigenvalue weighted by molar-refractivity contribution is 9.10. The van der Waals surface area contributed by atoms with E-state index >= 15 is 0 Å². The number of hydrogen-bond donors (Lipinski definition) is 2. The molecule has 1 aliphatic heterocycles. The van der Waals surface area contributed by atoms with Gasteiger partial charge in [0.25, 0.3) is 0 Å². The number of ether oxygens (including phenoxy) is 1. The van der Waals surface area contributed by atoms with Crippen LogP contribution in [0.1, 0.15) is 37.3 Å². The molecule has 1 saturated carbocycles. The molecule has 1 aromatic carbocycles. The number of benzene rings is 1. The molecule has 138 valence electrons. The van der Waals surface area contributed by atoms with Crippen molar-refractivity contribution in [3.63, 3.8) is 0 Å². The number of piperazine rings is 1. The van der Waals surface area contributed by atoms with E-state index in [2.05, 4.69) is 26.1 Å². The Balaban J connectivity index is 0.00000144. The van der Waals surface area contributed by atoms with Crippen LogP contribution in [-0.2, 0) is 0 Å². The van der Waals surface area contributed by atoms with Gasteiger partial charge in [0.05, 0.1) is 7.11 Å². The van der Waals surface area contributed by atoms with Gasteiger partial charge in [0.1, 0.15) is 0 Å².